The third kappa shape index (κ3) is 4.53. The highest BCUT2D eigenvalue weighted by Gasteiger charge is 2.19. The summed E-state index contributed by atoms with van der Waals surface area (Å²) in [5, 5.41) is 3.32. The molecule has 1 aromatic heterocycles. The van der Waals surface area contributed by atoms with Gasteiger partial charge in [-0.1, -0.05) is 13.0 Å². The number of pyridine rings is 1. The normalized spacial score (nSPS) is 14.1. The summed E-state index contributed by atoms with van der Waals surface area (Å²) < 4.78 is 4.71. The molecular formula is C13H20N2O2. The van der Waals surface area contributed by atoms with Crippen molar-refractivity contribution in [2.45, 2.75) is 26.3 Å². The zero-order chi connectivity index (χ0) is 12.7. The molecule has 94 valence electrons. The second kappa shape index (κ2) is 7.01. The molecule has 1 N–H and O–H groups in total. The van der Waals surface area contributed by atoms with E-state index < -0.39 is 0 Å². The predicted molar refractivity (Wildman–Crippen MR) is 66.6 cm³/mol. The number of hydrogen-bond donors (Lipinski definition) is 1. The molecule has 0 aliphatic carbocycles. The average Bonchev–Trinajstić information content (AvgIpc) is 2.38. The Morgan fingerprint density at radius 2 is 2.29 bits per heavy atom. The van der Waals surface area contributed by atoms with E-state index in [1.807, 2.05) is 32.2 Å². The molecule has 0 aromatic carbocycles. The lowest BCUT2D eigenvalue weighted by atomic mass is 10.0. The van der Waals surface area contributed by atoms with Gasteiger partial charge in [-0.05, 0) is 31.5 Å². The Balaban J connectivity index is 2.29. The molecule has 0 fully saturated rings. The zero-order valence-electron chi connectivity index (χ0n) is 10.6. The van der Waals surface area contributed by atoms with Crippen molar-refractivity contribution in [3.63, 3.8) is 0 Å². The van der Waals surface area contributed by atoms with Crippen LogP contribution in [0.1, 0.15) is 19.4 Å². The first-order valence-electron chi connectivity index (χ1n) is 5.85. The molecule has 0 spiro atoms. The maximum Gasteiger partial charge on any atom is 0.309 e. The lowest BCUT2D eigenvalue weighted by molar-refractivity contribution is -0.145. The van der Waals surface area contributed by atoms with Crippen molar-refractivity contribution in [3.05, 3.63) is 30.1 Å². The van der Waals surface area contributed by atoms with Crippen LogP contribution in [0.5, 0.6) is 0 Å². The van der Waals surface area contributed by atoms with Gasteiger partial charge in [0.05, 0.1) is 13.0 Å². The van der Waals surface area contributed by atoms with E-state index in [1.54, 1.807) is 6.20 Å². The second-order valence-electron chi connectivity index (χ2n) is 4.17. The molecule has 1 heterocycles. The first-order chi connectivity index (χ1) is 8.15. The summed E-state index contributed by atoms with van der Waals surface area (Å²) in [7, 11) is 1.42. The Morgan fingerprint density at radius 1 is 1.53 bits per heavy atom. The van der Waals surface area contributed by atoms with Crippen molar-refractivity contribution in [2.75, 3.05) is 13.7 Å². The van der Waals surface area contributed by atoms with Crippen molar-refractivity contribution in [2.24, 2.45) is 5.92 Å². The van der Waals surface area contributed by atoms with Crippen LogP contribution in [-0.4, -0.2) is 30.6 Å². The van der Waals surface area contributed by atoms with Gasteiger partial charge in [-0.2, -0.15) is 0 Å². The van der Waals surface area contributed by atoms with Crippen LogP contribution in [0.3, 0.4) is 0 Å². The van der Waals surface area contributed by atoms with Gasteiger partial charge in [0.25, 0.3) is 0 Å². The summed E-state index contributed by atoms with van der Waals surface area (Å²) in [5.74, 6) is -0.305. The molecule has 4 heteroatoms. The molecule has 0 saturated heterocycles. The van der Waals surface area contributed by atoms with Gasteiger partial charge in [-0.15, -0.1) is 0 Å². The van der Waals surface area contributed by atoms with Crippen LogP contribution in [-0.2, 0) is 16.0 Å². The van der Waals surface area contributed by atoms with Gasteiger partial charge in [0.1, 0.15) is 0 Å². The van der Waals surface area contributed by atoms with Crippen LogP contribution in [0.4, 0.5) is 0 Å². The maximum atomic E-state index is 11.3. The van der Waals surface area contributed by atoms with Crippen LogP contribution in [0.2, 0.25) is 0 Å². The van der Waals surface area contributed by atoms with E-state index >= 15 is 0 Å². The number of rotatable bonds is 6. The number of methoxy groups -OCH3 is 1. The van der Waals surface area contributed by atoms with Gasteiger partial charge < -0.3 is 10.1 Å². The molecule has 17 heavy (non-hydrogen) atoms. The van der Waals surface area contributed by atoms with Gasteiger partial charge in [0.15, 0.2) is 0 Å². The summed E-state index contributed by atoms with van der Waals surface area (Å²) in [6, 6.07) is 4.08. The standard InChI is InChI=1S/C13H20N2O2/c1-10(13(16)17-3)11(2)15-8-6-12-5-4-7-14-9-12/h4-5,7,9-11,15H,6,8H2,1-3H3. The predicted octanol–water partition coefficient (Wildman–Crippen LogP) is 1.41. The van der Waals surface area contributed by atoms with Crippen LogP contribution >= 0.6 is 0 Å². The maximum absolute atomic E-state index is 11.3. The Labute approximate surface area is 102 Å². The summed E-state index contributed by atoms with van der Waals surface area (Å²) in [6.45, 7) is 4.69. The van der Waals surface area contributed by atoms with Crippen LogP contribution in [0.15, 0.2) is 24.5 Å². The van der Waals surface area contributed by atoms with Crippen LogP contribution < -0.4 is 5.32 Å². The molecule has 0 aliphatic rings. The number of carbonyl (C=O) groups is 1. The number of ether oxygens (including phenoxy) is 1. The number of nitrogens with one attached hydrogen (secondary N) is 1. The Hall–Kier alpha value is -1.42. The molecular weight excluding hydrogens is 216 g/mol. The SMILES string of the molecule is COC(=O)C(C)C(C)NCCc1cccnc1. The van der Waals surface area contributed by atoms with E-state index in [4.69, 9.17) is 4.74 Å². The number of hydrogen-bond acceptors (Lipinski definition) is 4. The van der Waals surface area contributed by atoms with E-state index in [-0.39, 0.29) is 17.9 Å². The largest absolute Gasteiger partial charge is 0.469 e. The minimum absolute atomic E-state index is 0.110. The fraction of sp³-hybridized carbons (Fsp3) is 0.538. The Kier molecular flexibility index (Phi) is 5.63. The first-order valence-corrected chi connectivity index (χ1v) is 5.85. The van der Waals surface area contributed by atoms with E-state index in [0.29, 0.717) is 0 Å². The number of nitrogens with zero attached hydrogens (tertiary/aromatic N) is 1. The van der Waals surface area contributed by atoms with Crippen LogP contribution in [0.25, 0.3) is 0 Å². The van der Waals surface area contributed by atoms with Crippen molar-refractivity contribution in [3.8, 4) is 0 Å². The molecule has 2 atom stereocenters. The van der Waals surface area contributed by atoms with Gasteiger partial charge in [0, 0.05) is 18.4 Å². The highest BCUT2D eigenvalue weighted by Crippen LogP contribution is 2.04. The summed E-state index contributed by atoms with van der Waals surface area (Å²) >= 11 is 0. The molecule has 0 radical (unpaired) electrons. The molecule has 0 amide bonds. The number of esters is 1. The molecule has 4 nitrogen and oxygen atoms in total. The second-order valence-corrected chi connectivity index (χ2v) is 4.17. The quantitative estimate of drug-likeness (QED) is 0.759. The van der Waals surface area contributed by atoms with E-state index in [2.05, 4.69) is 10.3 Å². The zero-order valence-corrected chi connectivity index (χ0v) is 10.6. The minimum Gasteiger partial charge on any atom is -0.469 e. The van der Waals surface area contributed by atoms with Crippen molar-refractivity contribution < 1.29 is 9.53 Å². The number of aromatic nitrogens is 1. The van der Waals surface area contributed by atoms with Crippen LogP contribution in [0, 0.1) is 5.92 Å². The average molecular weight is 236 g/mol. The monoisotopic (exact) mass is 236 g/mol. The van der Waals surface area contributed by atoms with Gasteiger partial charge in [-0.25, -0.2) is 0 Å². The third-order valence-electron chi connectivity index (χ3n) is 2.93. The van der Waals surface area contributed by atoms with E-state index in [0.717, 1.165) is 13.0 Å². The third-order valence-corrected chi connectivity index (χ3v) is 2.93. The smallest absolute Gasteiger partial charge is 0.309 e. The van der Waals surface area contributed by atoms with Crippen molar-refractivity contribution in [1.82, 2.24) is 10.3 Å². The van der Waals surface area contributed by atoms with E-state index in [9.17, 15) is 4.79 Å². The Bertz CT molecular complexity index is 341. The highest BCUT2D eigenvalue weighted by molar-refractivity contribution is 5.72. The summed E-state index contributed by atoms with van der Waals surface area (Å²) in [4.78, 5) is 15.4. The van der Waals surface area contributed by atoms with Gasteiger partial charge in [0.2, 0.25) is 0 Å². The van der Waals surface area contributed by atoms with Crippen molar-refractivity contribution in [1.29, 1.82) is 0 Å². The summed E-state index contributed by atoms with van der Waals surface area (Å²) in [6.07, 6.45) is 4.53. The van der Waals surface area contributed by atoms with Crippen molar-refractivity contribution >= 4 is 5.97 Å². The molecule has 1 aromatic rings. The van der Waals surface area contributed by atoms with Gasteiger partial charge in [-0.3, -0.25) is 9.78 Å². The molecule has 1 rings (SSSR count). The van der Waals surface area contributed by atoms with Gasteiger partial charge >= 0.3 is 5.97 Å². The molecule has 2 unspecified atom stereocenters. The topological polar surface area (TPSA) is 51.2 Å². The lowest BCUT2D eigenvalue weighted by Crippen LogP contribution is -2.37. The van der Waals surface area contributed by atoms with E-state index in [1.165, 1.54) is 12.7 Å². The summed E-state index contributed by atoms with van der Waals surface area (Å²) in [5.41, 5.74) is 1.19. The lowest BCUT2D eigenvalue weighted by Gasteiger charge is -2.19. The minimum atomic E-state index is -0.175. The highest BCUT2D eigenvalue weighted by atomic mass is 16.5. The number of carbonyl (C=O) groups excluding carboxylic acids is 1. The fourth-order valence-corrected chi connectivity index (χ4v) is 1.56. The Morgan fingerprint density at radius 3 is 2.88 bits per heavy atom. The molecule has 0 aliphatic heterocycles. The first kappa shape index (κ1) is 13.6. The molecule has 0 bridgehead atoms. The molecule has 0 saturated carbocycles. The fourth-order valence-electron chi connectivity index (χ4n) is 1.56.